The molecule has 1 aromatic rings. The molecule has 2 N–H and O–H groups in total. The minimum Gasteiger partial charge on any atom is -0.382 e. The van der Waals surface area contributed by atoms with Crippen LogP contribution in [0.2, 0.25) is 0 Å². The van der Waals surface area contributed by atoms with Gasteiger partial charge in [-0.15, -0.1) is 6.42 Å². The third kappa shape index (κ3) is 2.99. The van der Waals surface area contributed by atoms with Gasteiger partial charge >= 0.3 is 5.92 Å². The van der Waals surface area contributed by atoms with Gasteiger partial charge in [-0.1, -0.05) is 36.8 Å². The Labute approximate surface area is 201 Å². The molecule has 0 aliphatic heterocycles. The van der Waals surface area contributed by atoms with Gasteiger partial charge in [0.1, 0.15) is 5.60 Å². The molecule has 0 heterocycles. The Bertz CT molecular complexity index is 1150. The van der Waals surface area contributed by atoms with E-state index in [0.717, 1.165) is 31.2 Å². The lowest BCUT2D eigenvalue weighted by Gasteiger charge is -2.55. The fourth-order valence-corrected chi connectivity index (χ4v) is 8.04. The Hall–Kier alpha value is -2.25. The van der Waals surface area contributed by atoms with Gasteiger partial charge in [0.2, 0.25) is 0 Å². The van der Waals surface area contributed by atoms with Crippen molar-refractivity contribution in [3.63, 3.8) is 0 Å². The molecule has 0 spiro atoms. The quantitative estimate of drug-likeness (QED) is 0.472. The van der Waals surface area contributed by atoms with Crippen LogP contribution in [-0.2, 0) is 0 Å². The van der Waals surface area contributed by atoms with Gasteiger partial charge in [-0.25, -0.2) is 0 Å². The number of allylic oxidation sites excluding steroid dienone is 4. The minimum absolute atomic E-state index is 0.0101. The Morgan fingerprint density at radius 2 is 1.76 bits per heavy atom. The largest absolute Gasteiger partial charge is 0.382 e. The normalized spacial score (nSPS) is 37.4. The highest BCUT2D eigenvalue weighted by Crippen LogP contribution is 2.69. The van der Waals surface area contributed by atoms with E-state index in [4.69, 9.17) is 11.8 Å². The summed E-state index contributed by atoms with van der Waals surface area (Å²) in [5.41, 5.74) is 4.11. The molecule has 0 amide bonds. The van der Waals surface area contributed by atoms with Crippen molar-refractivity contribution in [2.24, 2.45) is 17.3 Å². The Balaban J connectivity index is 1.50. The number of alkyl halides is 2. The molecule has 5 atom stereocenters. The maximum absolute atomic E-state index is 15.1. The zero-order chi connectivity index (χ0) is 23.9. The van der Waals surface area contributed by atoms with Crippen LogP contribution in [0.5, 0.6) is 0 Å². The van der Waals surface area contributed by atoms with Crippen molar-refractivity contribution in [2.75, 3.05) is 0 Å². The average Bonchev–Trinajstić information content (AvgIpc) is 3.64. The molecule has 178 valence electrons. The topological polar surface area (TPSA) is 44.1 Å². The minimum atomic E-state index is -3.55. The zero-order valence-electron chi connectivity index (χ0n) is 19.8. The van der Waals surface area contributed by atoms with E-state index in [1.807, 2.05) is 13.0 Å². The van der Waals surface area contributed by atoms with Crippen LogP contribution in [-0.4, -0.2) is 22.3 Å². The molecule has 1 aromatic carbocycles. The molecule has 1 unspecified atom stereocenters. The lowest BCUT2D eigenvalue weighted by Crippen LogP contribution is -2.59. The maximum Gasteiger partial charge on any atom is 0.336 e. The molecule has 4 heteroatoms. The lowest BCUT2D eigenvalue weighted by molar-refractivity contribution is -0.209. The predicted octanol–water partition coefficient (Wildman–Crippen LogP) is 6.91. The van der Waals surface area contributed by atoms with Gasteiger partial charge in [0, 0.05) is 17.0 Å². The highest BCUT2D eigenvalue weighted by atomic mass is 19.3. The second-order valence-electron chi connectivity index (χ2n) is 11.6. The van der Waals surface area contributed by atoms with E-state index in [1.54, 1.807) is 5.92 Å². The number of rotatable bonds is 3. The van der Waals surface area contributed by atoms with Crippen LogP contribution in [0.3, 0.4) is 0 Å². The summed E-state index contributed by atoms with van der Waals surface area (Å²) in [4.78, 5) is 0. The van der Waals surface area contributed by atoms with E-state index in [-0.39, 0.29) is 24.2 Å². The van der Waals surface area contributed by atoms with Crippen molar-refractivity contribution in [2.45, 2.75) is 88.1 Å². The summed E-state index contributed by atoms with van der Waals surface area (Å²) in [6.45, 7) is 1.88. The van der Waals surface area contributed by atoms with E-state index >= 15 is 8.78 Å². The first-order valence-corrected chi connectivity index (χ1v) is 12.9. The first kappa shape index (κ1) is 22.2. The second-order valence-corrected chi connectivity index (χ2v) is 11.6. The van der Waals surface area contributed by atoms with E-state index in [2.05, 4.69) is 24.3 Å². The zero-order valence-corrected chi connectivity index (χ0v) is 19.8. The summed E-state index contributed by atoms with van der Waals surface area (Å²) < 4.78 is 30.3. The summed E-state index contributed by atoms with van der Waals surface area (Å²) >= 11 is 0. The van der Waals surface area contributed by atoms with Crippen LogP contribution in [0.4, 0.5) is 8.78 Å². The van der Waals surface area contributed by atoms with Crippen molar-refractivity contribution in [3.05, 3.63) is 58.2 Å². The third-order valence-electron chi connectivity index (χ3n) is 10.0. The van der Waals surface area contributed by atoms with Gasteiger partial charge in [0.25, 0.3) is 0 Å². The number of terminal acetylenes is 1. The summed E-state index contributed by atoms with van der Waals surface area (Å²) in [5.74, 6) is -1.08. The second kappa shape index (κ2) is 7.37. The van der Waals surface area contributed by atoms with E-state index in [1.165, 1.54) is 35.1 Å². The summed E-state index contributed by atoms with van der Waals surface area (Å²) in [6.07, 6.45) is 14.3. The van der Waals surface area contributed by atoms with Crippen LogP contribution in [0.15, 0.2) is 47.1 Å². The Kier molecular flexibility index (Phi) is 4.82. The molecule has 0 aromatic heterocycles. The molecule has 0 bridgehead atoms. The van der Waals surface area contributed by atoms with Gasteiger partial charge < -0.3 is 10.5 Å². The average molecular weight is 462 g/mol. The molecule has 3 fully saturated rings. The summed E-state index contributed by atoms with van der Waals surface area (Å²) in [6, 6.07) is 8.83. The van der Waals surface area contributed by atoms with Gasteiger partial charge in [0.05, 0.1) is 0 Å². The Morgan fingerprint density at radius 3 is 2.44 bits per heavy atom. The number of fused-ring (bicyclic) bond motifs is 4. The van der Waals surface area contributed by atoms with Gasteiger partial charge in [0.15, 0.2) is 0 Å². The molecule has 5 aliphatic rings. The van der Waals surface area contributed by atoms with E-state index < -0.39 is 16.9 Å². The maximum atomic E-state index is 15.1. The van der Waals surface area contributed by atoms with Gasteiger partial charge in [-0.2, -0.15) is 8.78 Å². The number of halogens is 2. The van der Waals surface area contributed by atoms with Crippen LogP contribution < -0.4 is 0 Å². The summed E-state index contributed by atoms with van der Waals surface area (Å²) in [5, 5.41) is 19.8. The highest BCUT2D eigenvalue weighted by Gasteiger charge is 2.71. The van der Waals surface area contributed by atoms with Crippen LogP contribution >= 0.6 is 0 Å². The van der Waals surface area contributed by atoms with Crippen molar-refractivity contribution < 1.29 is 13.9 Å². The van der Waals surface area contributed by atoms with Crippen molar-refractivity contribution in [1.82, 2.24) is 0 Å². The van der Waals surface area contributed by atoms with Crippen molar-refractivity contribution in [1.29, 1.82) is 5.41 Å². The molecule has 0 radical (unpaired) electrons. The molecule has 5 aliphatic carbocycles. The molecule has 2 nitrogen and oxygen atoms in total. The first-order valence-electron chi connectivity index (χ1n) is 12.9. The number of hydrogen-bond acceptors (Lipinski definition) is 2. The van der Waals surface area contributed by atoms with Gasteiger partial charge in [-0.05, 0) is 110 Å². The smallest absolute Gasteiger partial charge is 0.336 e. The number of nitrogens with one attached hydrogen (secondary N) is 1. The molecule has 0 saturated heterocycles. The van der Waals surface area contributed by atoms with E-state index in [9.17, 15) is 5.11 Å². The molecule has 6 rings (SSSR count). The fraction of sp³-hybridized carbons (Fsp3) is 0.567. The fourth-order valence-electron chi connectivity index (χ4n) is 8.04. The van der Waals surface area contributed by atoms with Crippen LogP contribution in [0, 0.1) is 35.0 Å². The third-order valence-corrected chi connectivity index (χ3v) is 10.0. The monoisotopic (exact) mass is 461 g/mol. The SMILES string of the molecule is C#CC(F)(F)[C@]1(O)CC[C@H]2[C@@H]3CCC4=CC(=N)CCC4=C3C(c3ccc(C4CC4)cc3)C[C@@]21C. The number of benzene rings is 1. The number of aliphatic hydroxyl groups is 1. The lowest BCUT2D eigenvalue weighted by atomic mass is 9.50. The van der Waals surface area contributed by atoms with Crippen LogP contribution in [0.1, 0.15) is 87.7 Å². The highest BCUT2D eigenvalue weighted by molar-refractivity contribution is 5.95. The van der Waals surface area contributed by atoms with Gasteiger partial charge in [-0.3, -0.25) is 0 Å². The van der Waals surface area contributed by atoms with Crippen molar-refractivity contribution in [3.8, 4) is 12.3 Å². The Morgan fingerprint density at radius 1 is 1.06 bits per heavy atom. The predicted molar refractivity (Wildman–Crippen MR) is 130 cm³/mol. The molecule has 34 heavy (non-hydrogen) atoms. The standard InChI is InChI=1S/C30H33F2NO/c1-3-30(31,32)29(34)15-14-26-24-12-10-21-16-22(33)11-13-23(21)27(24)25(17-28(26,29)2)20-8-6-19(7-9-20)18-4-5-18/h1,6-9,16,18,24-26,33-34H,4-5,10-15,17H2,2H3/t24-,25?,26-,28-,29-/m0/s1. The molecule has 3 saturated carbocycles. The molecular weight excluding hydrogens is 428 g/mol. The van der Waals surface area contributed by atoms with Crippen molar-refractivity contribution >= 4 is 5.71 Å². The summed E-state index contributed by atoms with van der Waals surface area (Å²) in [7, 11) is 0. The first-order chi connectivity index (χ1) is 16.2. The van der Waals surface area contributed by atoms with E-state index in [0.29, 0.717) is 24.5 Å². The van der Waals surface area contributed by atoms with Crippen LogP contribution in [0.25, 0.3) is 0 Å². The molecular formula is C30H33F2NO. The number of hydrogen-bond donors (Lipinski definition) is 2.